The smallest absolute Gasteiger partial charge is 0.274 e. The average molecular weight is 439 g/mol. The number of hydrogen-bond donors (Lipinski definition) is 2. The molecule has 4 aromatic rings. The number of fused-ring (bicyclic) bond motifs is 2. The van der Waals surface area contributed by atoms with Crippen molar-refractivity contribution in [1.29, 1.82) is 10.5 Å². The van der Waals surface area contributed by atoms with Crippen LogP contribution in [0.25, 0.3) is 28.4 Å². The Morgan fingerprint density at radius 2 is 1.81 bits per heavy atom. The number of hydrogen-bond acceptors (Lipinski definition) is 5. The van der Waals surface area contributed by atoms with E-state index in [4.69, 9.17) is 5.73 Å². The molecule has 2 aromatic heterocycles. The van der Waals surface area contributed by atoms with Crippen LogP contribution in [0.4, 0.5) is 4.39 Å². The van der Waals surface area contributed by atoms with Gasteiger partial charge in [-0.15, -0.1) is 11.3 Å². The maximum Gasteiger partial charge on any atom is 0.274 e. The minimum Gasteiger partial charge on any atom is -0.384 e. The van der Waals surface area contributed by atoms with Crippen LogP contribution in [-0.2, 0) is 0 Å². The quantitative estimate of drug-likeness (QED) is 0.500. The third-order valence-corrected chi connectivity index (χ3v) is 6.61. The highest BCUT2D eigenvalue weighted by Gasteiger charge is 2.32. The lowest BCUT2D eigenvalue weighted by Gasteiger charge is -2.22. The molecule has 1 aliphatic rings. The second-order valence-corrected chi connectivity index (χ2v) is 8.30. The van der Waals surface area contributed by atoms with E-state index in [1.165, 1.54) is 28.8 Å². The van der Waals surface area contributed by atoms with Gasteiger partial charge in [-0.25, -0.2) is 4.39 Å². The Morgan fingerprint density at radius 1 is 1.09 bits per heavy atom. The number of thiazole rings is 1. The maximum atomic E-state index is 13.5. The van der Waals surface area contributed by atoms with Crippen LogP contribution in [0, 0.1) is 28.5 Å². The van der Waals surface area contributed by atoms with Gasteiger partial charge < -0.3 is 10.7 Å². The highest BCUT2D eigenvalue weighted by Crippen LogP contribution is 2.35. The molecule has 0 bridgehead atoms. The lowest BCUT2D eigenvalue weighted by Crippen LogP contribution is -2.38. The van der Waals surface area contributed by atoms with Gasteiger partial charge in [0.1, 0.15) is 16.3 Å². The van der Waals surface area contributed by atoms with Gasteiger partial charge in [0.15, 0.2) is 0 Å². The first-order valence-electron chi connectivity index (χ1n) is 9.63. The van der Waals surface area contributed by atoms with Crippen LogP contribution >= 0.6 is 11.3 Å². The number of benzene rings is 2. The topological polar surface area (TPSA) is 111 Å². The first-order valence-corrected chi connectivity index (χ1v) is 10.4. The van der Waals surface area contributed by atoms with Gasteiger partial charge in [-0.05, 0) is 29.8 Å². The van der Waals surface area contributed by atoms with Gasteiger partial charge in [-0.1, -0.05) is 30.3 Å². The fourth-order valence-electron chi connectivity index (χ4n) is 3.99. The number of allylic oxidation sites excluding steroid dienone is 1. The second kappa shape index (κ2) is 7.38. The minimum absolute atomic E-state index is 0.0179. The molecule has 3 N–H and O–H groups in total. The number of halogens is 1. The summed E-state index contributed by atoms with van der Waals surface area (Å²) in [5, 5.41) is 20.7. The van der Waals surface area contributed by atoms with Gasteiger partial charge in [0.05, 0.1) is 33.7 Å². The molecule has 6 nitrogen and oxygen atoms in total. The first-order chi connectivity index (χ1) is 15.5. The summed E-state index contributed by atoms with van der Waals surface area (Å²) in [7, 11) is 0. The molecule has 0 amide bonds. The zero-order chi connectivity index (χ0) is 22.4. The van der Waals surface area contributed by atoms with Gasteiger partial charge in [-0.3, -0.25) is 9.36 Å². The maximum absolute atomic E-state index is 13.5. The van der Waals surface area contributed by atoms with Crippen LogP contribution < -0.4 is 20.5 Å². The molecule has 0 saturated heterocycles. The molecule has 0 saturated carbocycles. The fraction of sp³-hybridized carbons (Fsp3) is 0.0417. The molecule has 0 fully saturated rings. The van der Waals surface area contributed by atoms with E-state index in [0.717, 1.165) is 27.8 Å². The van der Waals surface area contributed by atoms with Crippen LogP contribution in [0.2, 0.25) is 0 Å². The number of para-hydroxylation sites is 1. The first kappa shape index (κ1) is 19.6. The van der Waals surface area contributed by atoms with Crippen molar-refractivity contribution in [2.24, 2.45) is 5.73 Å². The minimum atomic E-state index is -0.774. The molecular formula is C24H14FN5OS. The van der Waals surface area contributed by atoms with Crippen LogP contribution in [0.15, 0.2) is 65.1 Å². The highest BCUT2D eigenvalue weighted by atomic mass is 32.1. The second-order valence-electron chi connectivity index (χ2n) is 7.27. The van der Waals surface area contributed by atoms with Crippen molar-refractivity contribution < 1.29 is 4.39 Å². The molecule has 0 aliphatic carbocycles. The van der Waals surface area contributed by atoms with Gasteiger partial charge in [0, 0.05) is 22.7 Å². The van der Waals surface area contributed by atoms with Gasteiger partial charge in [0.2, 0.25) is 0 Å². The summed E-state index contributed by atoms with van der Waals surface area (Å²) in [6, 6.07) is 17.5. The van der Waals surface area contributed by atoms with Crippen molar-refractivity contribution in [2.45, 2.75) is 5.92 Å². The fourth-order valence-corrected chi connectivity index (χ4v) is 5.11. The Kier molecular flexibility index (Phi) is 4.51. The molecular weight excluding hydrogens is 425 g/mol. The van der Waals surface area contributed by atoms with E-state index in [1.807, 2.05) is 36.5 Å². The zero-order valence-electron chi connectivity index (χ0n) is 16.5. The molecule has 0 radical (unpaired) electrons. The molecule has 8 heteroatoms. The predicted molar refractivity (Wildman–Crippen MR) is 121 cm³/mol. The number of nitriles is 2. The van der Waals surface area contributed by atoms with E-state index >= 15 is 0 Å². The summed E-state index contributed by atoms with van der Waals surface area (Å²) in [4.78, 5) is 16.4. The van der Waals surface area contributed by atoms with Crippen LogP contribution in [0.5, 0.6) is 0 Å². The largest absolute Gasteiger partial charge is 0.384 e. The number of nitrogens with zero attached hydrogens (tertiary/aromatic N) is 3. The molecule has 154 valence electrons. The van der Waals surface area contributed by atoms with Gasteiger partial charge in [-0.2, -0.15) is 10.5 Å². The SMILES string of the molecule is N#CC1=C(N)n2c(s/c(=C\c3c[nH]c4ccccc34)c2=O)=C(C#N)C1c1ccc(F)cc1. The standard InChI is InChI=1S/C24H14FN5OS/c25-15-7-5-13(6-8-15)21-17(10-26)22(28)30-23(31)20(32-24(30)18(21)11-27)9-14-12-29-19-4-2-1-3-16(14)19/h1-9,12,21,29H,28H2/b20-9-. The number of aromatic nitrogens is 2. The number of nitrogens with one attached hydrogen (secondary N) is 1. The molecule has 1 atom stereocenters. The monoisotopic (exact) mass is 439 g/mol. The van der Waals surface area contributed by atoms with Crippen LogP contribution in [0.3, 0.4) is 0 Å². The zero-order valence-corrected chi connectivity index (χ0v) is 17.3. The molecule has 32 heavy (non-hydrogen) atoms. The van der Waals surface area contributed by atoms with Crippen LogP contribution in [0.1, 0.15) is 17.0 Å². The lowest BCUT2D eigenvalue weighted by atomic mass is 9.84. The Balaban J connectivity index is 1.82. The average Bonchev–Trinajstić information content (AvgIpc) is 3.36. The normalized spacial score (nSPS) is 16.2. The number of H-pyrrole nitrogens is 1. The highest BCUT2D eigenvalue weighted by molar-refractivity contribution is 7.07. The van der Waals surface area contributed by atoms with Gasteiger partial charge >= 0.3 is 0 Å². The van der Waals surface area contributed by atoms with Crippen molar-refractivity contribution in [1.82, 2.24) is 9.55 Å². The molecule has 1 unspecified atom stereocenters. The van der Waals surface area contributed by atoms with Crippen molar-refractivity contribution in [3.8, 4) is 12.1 Å². The summed E-state index contributed by atoms with van der Waals surface area (Å²) in [6.45, 7) is 0. The van der Waals surface area contributed by atoms with Crippen LogP contribution in [-0.4, -0.2) is 9.55 Å². The van der Waals surface area contributed by atoms with E-state index in [1.54, 1.807) is 6.08 Å². The van der Waals surface area contributed by atoms with Gasteiger partial charge in [0.25, 0.3) is 5.56 Å². The third kappa shape index (κ3) is 2.86. The van der Waals surface area contributed by atoms with Crippen molar-refractivity contribution in [3.05, 3.63) is 96.8 Å². The summed E-state index contributed by atoms with van der Waals surface area (Å²) < 4.78 is 15.4. The van der Waals surface area contributed by atoms with Crippen molar-refractivity contribution >= 4 is 39.7 Å². The molecule has 1 aliphatic heterocycles. The van der Waals surface area contributed by atoms with E-state index in [-0.39, 0.29) is 17.0 Å². The lowest BCUT2D eigenvalue weighted by molar-refractivity contribution is 0.627. The molecule has 2 aromatic carbocycles. The predicted octanol–water partition coefficient (Wildman–Crippen LogP) is 2.48. The summed E-state index contributed by atoms with van der Waals surface area (Å²) in [5.41, 5.74) is 8.49. The Morgan fingerprint density at radius 3 is 2.53 bits per heavy atom. The number of aromatic amines is 1. The third-order valence-electron chi connectivity index (χ3n) is 5.50. The summed E-state index contributed by atoms with van der Waals surface area (Å²) >= 11 is 1.14. The Labute approximate surface area is 184 Å². The molecule has 3 heterocycles. The Hall–Kier alpha value is -4.40. The van der Waals surface area contributed by atoms with E-state index in [9.17, 15) is 19.7 Å². The molecule has 5 rings (SSSR count). The van der Waals surface area contributed by atoms with Crippen molar-refractivity contribution in [3.63, 3.8) is 0 Å². The van der Waals surface area contributed by atoms with E-state index in [0.29, 0.717) is 14.8 Å². The van der Waals surface area contributed by atoms with E-state index in [2.05, 4.69) is 11.1 Å². The number of rotatable bonds is 2. The summed E-state index contributed by atoms with van der Waals surface area (Å²) in [6.07, 6.45) is 3.56. The van der Waals surface area contributed by atoms with Crippen molar-refractivity contribution in [2.75, 3.05) is 0 Å². The Bertz CT molecular complexity index is 1690. The van der Waals surface area contributed by atoms with E-state index < -0.39 is 17.3 Å². The molecule has 0 spiro atoms. The summed E-state index contributed by atoms with van der Waals surface area (Å²) in [5.74, 6) is -1.22. The number of nitrogens with two attached hydrogens (primary N) is 1.